The zero-order chi connectivity index (χ0) is 59.8. The molecular weight excluding hydrogens is 1100 g/mol. The van der Waals surface area contributed by atoms with E-state index in [1.165, 1.54) is 24.3 Å². The molecule has 0 amide bonds. The molecule has 4 heterocycles. The van der Waals surface area contributed by atoms with E-state index in [0.717, 1.165) is 78.9 Å². The van der Waals surface area contributed by atoms with Crippen LogP contribution in [0, 0.1) is 0 Å². The van der Waals surface area contributed by atoms with Crippen LogP contribution in [0.5, 0.6) is 115 Å². The van der Waals surface area contributed by atoms with Crippen LogP contribution in [0.2, 0.25) is 0 Å². The maximum Gasteiger partial charge on any atom is 0.157 e. The van der Waals surface area contributed by atoms with Crippen LogP contribution >= 0.6 is 0 Å². The summed E-state index contributed by atoms with van der Waals surface area (Å²) in [6, 6.07) is 17.7. The van der Waals surface area contributed by atoms with E-state index in [-0.39, 0.29) is 39.1 Å². The summed E-state index contributed by atoms with van der Waals surface area (Å²) in [4.78, 5) is 0. The van der Waals surface area contributed by atoms with Crippen LogP contribution in [-0.2, 0) is 6.42 Å². The van der Waals surface area contributed by atoms with Crippen molar-refractivity contribution in [2.75, 3.05) is 0 Å². The number of rotatable bonds is 7. The minimum absolute atomic E-state index is 0.00111. The van der Waals surface area contributed by atoms with Crippen molar-refractivity contribution in [1.29, 1.82) is 0 Å². The number of phenolic OH excluding ortho intramolecular Hbond substituents is 16. The van der Waals surface area contributed by atoms with Gasteiger partial charge in [0, 0.05) is 75.7 Å². The van der Waals surface area contributed by atoms with Gasteiger partial charge < -0.3 is 121 Å². The first-order chi connectivity index (χ1) is 39.9. The van der Waals surface area contributed by atoms with E-state index < -0.39 is 210 Å². The molecule has 0 saturated heterocycles. The lowest BCUT2D eigenvalue weighted by Crippen LogP contribution is -2.40. The quantitative estimate of drug-likeness (QED) is 0.0827. The second-order valence-corrected chi connectivity index (χ2v) is 21.0. The second-order valence-electron chi connectivity index (χ2n) is 21.0. The molecule has 8 aromatic carbocycles. The summed E-state index contributed by atoms with van der Waals surface area (Å²) in [7, 11) is 0. The van der Waals surface area contributed by atoms with Gasteiger partial charge in [0.05, 0.1) is 23.9 Å². The molecule has 8 aromatic rings. The van der Waals surface area contributed by atoms with E-state index in [2.05, 4.69) is 0 Å². The predicted molar refractivity (Wildman–Crippen MR) is 285 cm³/mol. The molecule has 20 N–H and O–H groups in total. The molecule has 0 saturated carbocycles. The van der Waals surface area contributed by atoms with E-state index in [1.807, 2.05) is 0 Å². The van der Waals surface area contributed by atoms with Crippen LogP contribution in [0.25, 0.3) is 0 Å². The lowest BCUT2D eigenvalue weighted by atomic mass is 9.72. The lowest BCUT2D eigenvalue weighted by Gasteiger charge is -2.44. The molecule has 24 nitrogen and oxygen atoms in total. The number of hydrogen-bond donors (Lipinski definition) is 20. The Balaban J connectivity index is 1.14. The van der Waals surface area contributed by atoms with E-state index in [1.54, 1.807) is 0 Å². The molecule has 0 aromatic heterocycles. The number of aliphatic hydroxyl groups is 4. The van der Waals surface area contributed by atoms with Gasteiger partial charge in [-0.2, -0.15) is 0 Å². The summed E-state index contributed by atoms with van der Waals surface area (Å²) in [5, 5.41) is 229. The van der Waals surface area contributed by atoms with Gasteiger partial charge in [0.2, 0.25) is 0 Å². The standard InChI is InChI=1S/C60H50O24/c61-23-13-34(71)42-41(14-23)81-55(20-2-6-26(63)31(68)10-20)51(78)48(42)44-36(73)17-38(75)46-50(53(80)57(83-59(44)46)22-4-8-28(65)33(70)12-22)47-39(76)18-37(74)45-49(52(79)56(84-60(45)47)21-3-7-27(64)32(69)11-21)43-35(72)16-29(66)24-15-40(77)54(82-58(24)43)19-1-5-25(62)30(67)9-19/h1-14,16-18,40,48-57,61-80H,15H2/t40-,48-,49+,50-,51-,52-,53-,54-,55-,56-,57-/m1/s1. The number of aromatic hydroxyl groups is 16. The van der Waals surface area contributed by atoms with Crippen LogP contribution in [-0.4, -0.2) is 127 Å². The molecule has 24 heteroatoms. The van der Waals surface area contributed by atoms with E-state index >= 15 is 0 Å². The molecule has 4 aliphatic rings. The topological polar surface area (TPSA) is 442 Å². The van der Waals surface area contributed by atoms with Crippen molar-refractivity contribution in [3.05, 3.63) is 164 Å². The fourth-order valence-electron chi connectivity index (χ4n) is 12.2. The molecule has 0 bridgehead atoms. The van der Waals surface area contributed by atoms with Gasteiger partial charge in [0.25, 0.3) is 0 Å². The Hall–Kier alpha value is -10.4. The second kappa shape index (κ2) is 19.7. The highest BCUT2D eigenvalue weighted by Gasteiger charge is 2.53. The Bertz CT molecular complexity index is 4030. The Morgan fingerprint density at radius 3 is 0.964 bits per heavy atom. The van der Waals surface area contributed by atoms with Gasteiger partial charge in [-0.15, -0.1) is 0 Å². The summed E-state index contributed by atoms with van der Waals surface area (Å²) in [6.07, 6.45) is -14.8. The summed E-state index contributed by atoms with van der Waals surface area (Å²) in [5.41, 5.74) is -3.20. The number of hydrogen-bond acceptors (Lipinski definition) is 24. The van der Waals surface area contributed by atoms with Gasteiger partial charge in [-0.3, -0.25) is 0 Å². The number of ether oxygens (including phenoxy) is 4. The van der Waals surface area contributed by atoms with Crippen LogP contribution < -0.4 is 18.9 Å². The number of aliphatic hydroxyl groups excluding tert-OH is 4. The molecule has 11 atom stereocenters. The first kappa shape index (κ1) is 54.2. The molecular formula is C60H50O24. The SMILES string of the molecule is Oc1cc(O)c2c(c1)O[C@H](c1ccc(O)c(O)c1)[C@H](O)[C@H]2c1c(O)cc(O)c2c1O[C@H](c1ccc(O)c(O)c1)[C@H](O)[C@H]2c1c(O)cc(O)c2c1O[C@H](c1ccc(O)c(O)c1)[C@H](O)[C@H]2c1c(O)cc(O)c2c1O[C@H](c1ccc(O)c(O)c1)[C@H](O)C2. The lowest BCUT2D eigenvalue weighted by molar-refractivity contribution is -0.00858. The number of phenols is 16. The summed E-state index contributed by atoms with van der Waals surface area (Å²) >= 11 is 0. The minimum Gasteiger partial charge on any atom is -0.508 e. The first-order valence-electron chi connectivity index (χ1n) is 25.7. The van der Waals surface area contributed by atoms with E-state index in [0.29, 0.717) is 0 Å². The minimum atomic E-state index is -2.15. The first-order valence-corrected chi connectivity index (χ1v) is 25.7. The fraction of sp³-hybridized carbons (Fsp3) is 0.200. The van der Waals surface area contributed by atoms with Gasteiger partial charge in [-0.05, 0) is 70.8 Å². The third-order valence-corrected chi connectivity index (χ3v) is 16.0. The van der Waals surface area contributed by atoms with Crippen molar-refractivity contribution in [3.63, 3.8) is 0 Å². The molecule has 0 aliphatic carbocycles. The molecule has 84 heavy (non-hydrogen) atoms. The highest BCUT2D eigenvalue weighted by atomic mass is 16.5. The average Bonchev–Trinajstić information content (AvgIpc) is 1.45. The van der Waals surface area contributed by atoms with Crippen molar-refractivity contribution >= 4 is 0 Å². The number of fused-ring (bicyclic) bond motifs is 4. The molecule has 0 fully saturated rings. The van der Waals surface area contributed by atoms with Gasteiger partial charge in [0.1, 0.15) is 93.4 Å². The van der Waals surface area contributed by atoms with Gasteiger partial charge in [-0.1, -0.05) is 24.3 Å². The van der Waals surface area contributed by atoms with E-state index in [9.17, 15) is 102 Å². The average molecular weight is 1160 g/mol. The van der Waals surface area contributed by atoms with Crippen LogP contribution in [0.4, 0.5) is 0 Å². The van der Waals surface area contributed by atoms with Crippen molar-refractivity contribution in [3.8, 4) is 115 Å². The summed E-state index contributed by atoms with van der Waals surface area (Å²) < 4.78 is 25.8. The Morgan fingerprint density at radius 1 is 0.274 bits per heavy atom. The molecule has 0 unspecified atom stereocenters. The molecule has 0 spiro atoms. The highest BCUT2D eigenvalue weighted by Crippen LogP contribution is 2.65. The molecule has 434 valence electrons. The third kappa shape index (κ3) is 8.44. The summed E-state index contributed by atoms with van der Waals surface area (Å²) in [5.74, 6) is -19.0. The van der Waals surface area contributed by atoms with Crippen molar-refractivity contribution in [2.24, 2.45) is 0 Å². The van der Waals surface area contributed by atoms with Crippen LogP contribution in [0.3, 0.4) is 0 Å². The van der Waals surface area contributed by atoms with Gasteiger partial charge >= 0.3 is 0 Å². The zero-order valence-corrected chi connectivity index (χ0v) is 43.0. The Labute approximate surface area is 472 Å². The number of benzene rings is 8. The molecule has 0 radical (unpaired) electrons. The van der Waals surface area contributed by atoms with Crippen LogP contribution in [0.15, 0.2) is 103 Å². The molecule has 12 rings (SSSR count). The predicted octanol–water partition coefficient (Wildman–Crippen LogP) is 5.89. The smallest absolute Gasteiger partial charge is 0.157 e. The normalized spacial score (nSPS) is 24.0. The van der Waals surface area contributed by atoms with Gasteiger partial charge in [-0.25, -0.2) is 0 Å². The monoisotopic (exact) mass is 1150 g/mol. The van der Waals surface area contributed by atoms with Crippen molar-refractivity contribution < 1.29 is 121 Å². The van der Waals surface area contributed by atoms with Crippen LogP contribution in [0.1, 0.15) is 103 Å². The maximum atomic E-state index is 13.1. The Morgan fingerprint density at radius 2 is 0.583 bits per heavy atom. The Kier molecular flexibility index (Phi) is 12.7. The fourth-order valence-corrected chi connectivity index (χ4v) is 12.2. The maximum absolute atomic E-state index is 13.1. The summed E-state index contributed by atoms with van der Waals surface area (Å²) in [6.45, 7) is 0. The van der Waals surface area contributed by atoms with Crippen molar-refractivity contribution in [2.45, 2.75) is 73.0 Å². The van der Waals surface area contributed by atoms with Gasteiger partial charge in [0.15, 0.2) is 64.3 Å². The molecule has 4 aliphatic heterocycles. The largest absolute Gasteiger partial charge is 0.508 e. The van der Waals surface area contributed by atoms with E-state index in [4.69, 9.17) is 18.9 Å². The van der Waals surface area contributed by atoms with Crippen molar-refractivity contribution in [1.82, 2.24) is 0 Å². The zero-order valence-electron chi connectivity index (χ0n) is 43.0. The third-order valence-electron chi connectivity index (χ3n) is 16.0. The highest BCUT2D eigenvalue weighted by molar-refractivity contribution is 5.73.